The van der Waals surface area contributed by atoms with Crippen molar-refractivity contribution < 1.29 is 4.39 Å². The Morgan fingerprint density at radius 1 is 1.24 bits per heavy atom. The van der Waals surface area contributed by atoms with Crippen molar-refractivity contribution in [2.24, 2.45) is 5.92 Å². The molecule has 0 unspecified atom stereocenters. The lowest BCUT2D eigenvalue weighted by molar-refractivity contribution is 0.125. The fourth-order valence-corrected chi connectivity index (χ4v) is 3.83. The average molecular weight is 287 g/mol. The molecule has 1 saturated carbocycles. The van der Waals surface area contributed by atoms with E-state index < -0.39 is 5.82 Å². The van der Waals surface area contributed by atoms with Crippen molar-refractivity contribution >= 4 is 0 Å². The second kappa shape index (κ2) is 6.55. The predicted octanol–water partition coefficient (Wildman–Crippen LogP) is 2.83. The van der Waals surface area contributed by atoms with Crippen LogP contribution in [0.5, 0.6) is 0 Å². The second-order valence-electron chi connectivity index (χ2n) is 6.13. The zero-order valence-corrected chi connectivity index (χ0v) is 12.3. The first-order valence-corrected chi connectivity index (χ1v) is 7.94. The second-order valence-corrected chi connectivity index (χ2v) is 6.13. The first-order valence-electron chi connectivity index (χ1n) is 7.94. The third-order valence-corrected chi connectivity index (χ3v) is 4.84. The Balaban J connectivity index is 1.92. The van der Waals surface area contributed by atoms with Gasteiger partial charge in [0.25, 0.3) is 0 Å². The van der Waals surface area contributed by atoms with Crippen LogP contribution >= 0.6 is 0 Å². The van der Waals surface area contributed by atoms with E-state index in [1.807, 2.05) is 12.1 Å². The zero-order valence-electron chi connectivity index (χ0n) is 12.3. The molecule has 4 heteroatoms. The van der Waals surface area contributed by atoms with Crippen LogP contribution in [0.2, 0.25) is 0 Å². The molecular weight excluding hydrogens is 265 g/mol. The van der Waals surface area contributed by atoms with E-state index in [1.54, 1.807) is 6.07 Å². The summed E-state index contributed by atoms with van der Waals surface area (Å²) in [5.74, 6) is 0.229. The highest BCUT2D eigenvalue weighted by atomic mass is 19.1. The third kappa shape index (κ3) is 3.09. The Hall–Kier alpha value is -1.44. The molecule has 3 rings (SSSR count). The van der Waals surface area contributed by atoms with Crippen LogP contribution in [0, 0.1) is 23.1 Å². The molecule has 2 aliphatic rings. The first kappa shape index (κ1) is 14.5. The van der Waals surface area contributed by atoms with E-state index in [0.717, 1.165) is 31.7 Å². The van der Waals surface area contributed by atoms with Gasteiger partial charge in [0.2, 0.25) is 0 Å². The standard InChI is InChI=1S/C17H22FN3/c18-16-6-5-14(11-15(16)12-19)17(13-3-1-2-4-13)21-9-7-20-8-10-21/h5-6,11,13,17,20H,1-4,7-10H2/t17-/m0/s1. The van der Waals surface area contributed by atoms with Crippen LogP contribution in [-0.2, 0) is 0 Å². The van der Waals surface area contributed by atoms with E-state index in [9.17, 15) is 4.39 Å². The van der Waals surface area contributed by atoms with Crippen molar-refractivity contribution in [3.05, 3.63) is 35.1 Å². The average Bonchev–Trinajstić information content (AvgIpc) is 3.04. The van der Waals surface area contributed by atoms with Gasteiger partial charge in [-0.15, -0.1) is 0 Å². The van der Waals surface area contributed by atoms with Gasteiger partial charge in [-0.05, 0) is 36.5 Å². The fraction of sp³-hybridized carbons (Fsp3) is 0.588. The van der Waals surface area contributed by atoms with Gasteiger partial charge in [0.15, 0.2) is 0 Å². The summed E-state index contributed by atoms with van der Waals surface area (Å²) in [6.07, 6.45) is 5.07. The van der Waals surface area contributed by atoms with Gasteiger partial charge in [0.1, 0.15) is 11.9 Å². The zero-order chi connectivity index (χ0) is 14.7. The van der Waals surface area contributed by atoms with Crippen LogP contribution in [0.15, 0.2) is 18.2 Å². The Bertz CT molecular complexity index is 525. The van der Waals surface area contributed by atoms with Crippen molar-refractivity contribution in [3.63, 3.8) is 0 Å². The summed E-state index contributed by atoms with van der Waals surface area (Å²) in [5, 5.41) is 12.5. The number of hydrogen-bond acceptors (Lipinski definition) is 3. The first-order chi connectivity index (χ1) is 10.3. The molecule has 0 radical (unpaired) electrons. The molecule has 1 aromatic carbocycles. The van der Waals surface area contributed by atoms with Gasteiger partial charge < -0.3 is 5.32 Å². The number of nitrogens with zero attached hydrogens (tertiary/aromatic N) is 2. The number of rotatable bonds is 3. The van der Waals surface area contributed by atoms with Crippen molar-refractivity contribution in [1.29, 1.82) is 5.26 Å². The van der Waals surface area contributed by atoms with E-state index in [0.29, 0.717) is 12.0 Å². The molecule has 0 aromatic heterocycles. The van der Waals surface area contributed by atoms with Gasteiger partial charge in [-0.1, -0.05) is 18.9 Å². The lowest BCUT2D eigenvalue weighted by Crippen LogP contribution is -2.46. The maximum atomic E-state index is 13.6. The monoisotopic (exact) mass is 287 g/mol. The molecular formula is C17H22FN3. The molecule has 0 amide bonds. The Morgan fingerprint density at radius 3 is 2.62 bits per heavy atom. The van der Waals surface area contributed by atoms with Gasteiger partial charge in [-0.25, -0.2) is 4.39 Å². The molecule has 3 nitrogen and oxygen atoms in total. The number of nitriles is 1. The van der Waals surface area contributed by atoms with Crippen LogP contribution in [0.1, 0.15) is 42.9 Å². The van der Waals surface area contributed by atoms with E-state index in [-0.39, 0.29) is 5.56 Å². The SMILES string of the molecule is N#Cc1cc([C@H](C2CCCC2)N2CCNCC2)ccc1F. The lowest BCUT2D eigenvalue weighted by Gasteiger charge is -2.38. The molecule has 0 bridgehead atoms. The minimum absolute atomic E-state index is 0.172. The highest BCUT2D eigenvalue weighted by Crippen LogP contribution is 2.40. The van der Waals surface area contributed by atoms with Gasteiger partial charge in [0, 0.05) is 32.2 Å². The molecule has 1 aliphatic carbocycles. The molecule has 112 valence electrons. The fourth-order valence-electron chi connectivity index (χ4n) is 3.83. The van der Waals surface area contributed by atoms with Gasteiger partial charge in [-0.2, -0.15) is 5.26 Å². The van der Waals surface area contributed by atoms with Crippen LogP contribution in [-0.4, -0.2) is 31.1 Å². The molecule has 21 heavy (non-hydrogen) atoms. The summed E-state index contributed by atoms with van der Waals surface area (Å²) < 4.78 is 13.6. The van der Waals surface area contributed by atoms with Gasteiger partial charge >= 0.3 is 0 Å². The van der Waals surface area contributed by atoms with Gasteiger partial charge in [-0.3, -0.25) is 4.90 Å². The molecule has 1 aliphatic heterocycles. The van der Waals surface area contributed by atoms with Crippen LogP contribution in [0.25, 0.3) is 0 Å². The minimum Gasteiger partial charge on any atom is -0.314 e. The van der Waals surface area contributed by atoms with Crippen LogP contribution in [0.4, 0.5) is 4.39 Å². The summed E-state index contributed by atoms with van der Waals surface area (Å²) in [7, 11) is 0. The molecule has 1 aromatic rings. The Kier molecular flexibility index (Phi) is 4.52. The summed E-state index contributed by atoms with van der Waals surface area (Å²) in [6.45, 7) is 4.08. The quantitative estimate of drug-likeness (QED) is 0.929. The summed E-state index contributed by atoms with van der Waals surface area (Å²) in [6, 6.07) is 7.41. The number of nitrogens with one attached hydrogen (secondary N) is 1. The highest BCUT2D eigenvalue weighted by Gasteiger charge is 2.32. The molecule has 1 N–H and O–H groups in total. The summed E-state index contributed by atoms with van der Waals surface area (Å²) in [4.78, 5) is 2.51. The predicted molar refractivity (Wildman–Crippen MR) is 80.3 cm³/mol. The number of halogens is 1. The molecule has 1 atom stereocenters. The molecule has 1 heterocycles. The van der Waals surface area contributed by atoms with Crippen molar-refractivity contribution in [1.82, 2.24) is 10.2 Å². The largest absolute Gasteiger partial charge is 0.314 e. The van der Waals surface area contributed by atoms with Crippen molar-refractivity contribution in [3.8, 4) is 6.07 Å². The number of piperazine rings is 1. The van der Waals surface area contributed by atoms with Crippen molar-refractivity contribution in [2.45, 2.75) is 31.7 Å². The Labute approximate surface area is 125 Å². The van der Waals surface area contributed by atoms with E-state index >= 15 is 0 Å². The Morgan fingerprint density at radius 2 is 1.95 bits per heavy atom. The van der Waals surface area contributed by atoms with E-state index in [1.165, 1.54) is 31.7 Å². The van der Waals surface area contributed by atoms with Crippen molar-refractivity contribution in [2.75, 3.05) is 26.2 Å². The van der Waals surface area contributed by atoms with Crippen LogP contribution < -0.4 is 5.32 Å². The minimum atomic E-state index is -0.410. The maximum Gasteiger partial charge on any atom is 0.140 e. The maximum absolute atomic E-state index is 13.6. The molecule has 1 saturated heterocycles. The summed E-state index contributed by atoms with van der Waals surface area (Å²) >= 11 is 0. The summed E-state index contributed by atoms with van der Waals surface area (Å²) in [5.41, 5.74) is 1.28. The highest BCUT2D eigenvalue weighted by molar-refractivity contribution is 5.36. The lowest BCUT2D eigenvalue weighted by atomic mass is 9.89. The van der Waals surface area contributed by atoms with Crippen LogP contribution in [0.3, 0.4) is 0 Å². The number of hydrogen-bond donors (Lipinski definition) is 1. The van der Waals surface area contributed by atoms with E-state index in [2.05, 4.69) is 10.2 Å². The third-order valence-electron chi connectivity index (χ3n) is 4.84. The topological polar surface area (TPSA) is 39.1 Å². The number of benzene rings is 1. The molecule has 2 fully saturated rings. The molecule has 0 spiro atoms. The van der Waals surface area contributed by atoms with E-state index in [4.69, 9.17) is 5.26 Å². The normalized spacial score (nSPS) is 22.1. The smallest absolute Gasteiger partial charge is 0.140 e. The van der Waals surface area contributed by atoms with Gasteiger partial charge in [0.05, 0.1) is 5.56 Å².